The van der Waals surface area contributed by atoms with E-state index < -0.39 is 18.2 Å². The topological polar surface area (TPSA) is 171 Å². The van der Waals surface area contributed by atoms with Gasteiger partial charge < -0.3 is 35.2 Å². The summed E-state index contributed by atoms with van der Waals surface area (Å²) in [6, 6.07) is 27.0. The van der Waals surface area contributed by atoms with Crippen LogP contribution in [0.1, 0.15) is 116 Å². The third-order valence-corrected chi connectivity index (χ3v) is 17.4. The number of β-amino-alcohol motifs (C(OH)–C–C–N with tert-alkyl or cyclic N) is 1. The van der Waals surface area contributed by atoms with E-state index in [1.165, 1.54) is 10.5 Å². The summed E-state index contributed by atoms with van der Waals surface area (Å²) in [6.07, 6.45) is 0.945. The van der Waals surface area contributed by atoms with Crippen LogP contribution in [0.15, 0.2) is 90.4 Å². The van der Waals surface area contributed by atoms with Crippen LogP contribution in [-0.2, 0) is 22.6 Å². The molecular formula is C59H69ClN8O6S. The third-order valence-electron chi connectivity index (χ3n) is 16.1. The molecular weight excluding hydrogens is 984 g/mol. The molecule has 4 atom stereocenters. The van der Waals surface area contributed by atoms with E-state index in [4.69, 9.17) is 16.3 Å². The highest BCUT2D eigenvalue weighted by molar-refractivity contribution is 7.13. The van der Waals surface area contributed by atoms with Gasteiger partial charge in [-0.3, -0.25) is 24.1 Å². The van der Waals surface area contributed by atoms with E-state index in [1.54, 1.807) is 34.4 Å². The van der Waals surface area contributed by atoms with E-state index in [2.05, 4.69) is 65.2 Å². The van der Waals surface area contributed by atoms with Gasteiger partial charge in [-0.2, -0.15) is 5.26 Å². The van der Waals surface area contributed by atoms with Crippen LogP contribution in [-0.4, -0.2) is 118 Å². The van der Waals surface area contributed by atoms with Crippen LogP contribution in [0, 0.1) is 35.0 Å². The quantitative estimate of drug-likeness (QED) is 0.0868. The number of likely N-dealkylation sites (tertiary alicyclic amines) is 1. The molecule has 75 heavy (non-hydrogen) atoms. The third kappa shape index (κ3) is 10.9. The number of aryl methyl sites for hydroxylation is 2. The Labute approximate surface area is 450 Å². The number of fused-ring (bicyclic) bond motifs is 1. The minimum absolute atomic E-state index is 0.0219. The number of rotatable bonds is 16. The van der Waals surface area contributed by atoms with E-state index in [1.807, 2.05) is 93.9 Å². The van der Waals surface area contributed by atoms with E-state index in [0.29, 0.717) is 34.0 Å². The van der Waals surface area contributed by atoms with E-state index in [9.17, 15) is 29.5 Å². The summed E-state index contributed by atoms with van der Waals surface area (Å²) in [6.45, 7) is 20.8. The normalized spacial score (nSPS) is 21.8. The van der Waals surface area contributed by atoms with Gasteiger partial charge in [-0.25, -0.2) is 4.98 Å². The maximum Gasteiger partial charge on any atom is 0.255 e. The molecule has 9 rings (SSSR count). The van der Waals surface area contributed by atoms with Crippen LogP contribution in [0.25, 0.3) is 10.4 Å². The number of hydrogen-bond acceptors (Lipinski definition) is 11. The van der Waals surface area contributed by atoms with Crippen molar-refractivity contribution in [3.63, 3.8) is 0 Å². The summed E-state index contributed by atoms with van der Waals surface area (Å²) in [5.74, 6) is -0.627. The van der Waals surface area contributed by atoms with Gasteiger partial charge in [0.25, 0.3) is 11.8 Å². The first-order valence-electron chi connectivity index (χ1n) is 26.2. The Morgan fingerprint density at radius 2 is 1.65 bits per heavy atom. The molecule has 14 nitrogen and oxygen atoms in total. The molecule has 2 saturated heterocycles. The molecule has 394 valence electrons. The van der Waals surface area contributed by atoms with Crippen LogP contribution in [0.3, 0.4) is 0 Å². The predicted octanol–water partition coefficient (Wildman–Crippen LogP) is 8.83. The summed E-state index contributed by atoms with van der Waals surface area (Å²) in [5, 5.41) is 26.8. The number of ether oxygens (including phenoxy) is 1. The van der Waals surface area contributed by atoms with Gasteiger partial charge in [0.2, 0.25) is 11.8 Å². The smallest absolute Gasteiger partial charge is 0.255 e. The zero-order chi connectivity index (χ0) is 53.5. The minimum atomic E-state index is -0.868. The average Bonchev–Trinajstić information content (AvgIpc) is 4.12. The maximum absolute atomic E-state index is 14.5. The lowest BCUT2D eigenvalue weighted by Gasteiger charge is -2.63. The largest absolute Gasteiger partial charge is 0.489 e. The highest BCUT2D eigenvalue weighted by Gasteiger charge is 2.64. The standard InChI is InChI=1S/C59H69ClN8O6S/c1-35(2)50(55(73)67-33-45(69)29-49(67)53(71)63-36(3)39-15-17-40(18-16-39)51-37(4)62-34-75-51)68-32-43-19-21-44(28-47(43)54(68)72)66-26-24-65(25-27-66)23-9-10-38-11-13-41(14-12-38)52(70)64-56-58(5,6)57(59(56,7)8)74-46-22-20-42(31-61)48(60)30-46/h11-22,28,30,34-36,45,49-50,56-57,69H,9-10,23-27,29,32-33H2,1-8H3,(H,63,71)(H,64,70)/t36-,45+,49-,50-,56?,57?/m0/s1. The molecule has 4 aliphatic rings. The molecule has 0 bridgehead atoms. The average molecular weight is 1050 g/mol. The Bertz CT molecular complexity index is 2960. The lowest BCUT2D eigenvalue weighted by molar-refractivity contribution is -0.164. The zero-order valence-corrected chi connectivity index (χ0v) is 45.8. The number of halogens is 1. The fraction of sp³-hybridized carbons (Fsp3) is 0.458. The molecule has 3 N–H and O–H groups in total. The first kappa shape index (κ1) is 53.5. The molecule has 0 radical (unpaired) electrons. The van der Waals surface area contributed by atoms with Crippen molar-refractivity contribution in [2.75, 3.05) is 44.2 Å². The van der Waals surface area contributed by atoms with Gasteiger partial charge in [-0.1, -0.05) is 95.6 Å². The molecule has 3 aliphatic heterocycles. The van der Waals surface area contributed by atoms with Crippen LogP contribution >= 0.6 is 22.9 Å². The summed E-state index contributed by atoms with van der Waals surface area (Å²) in [4.78, 5) is 69.6. The first-order chi connectivity index (χ1) is 35.7. The summed E-state index contributed by atoms with van der Waals surface area (Å²) < 4.78 is 6.40. The highest BCUT2D eigenvalue weighted by Crippen LogP contribution is 2.55. The number of thiazole rings is 1. The Balaban J connectivity index is 0.737. The number of amides is 4. The number of anilines is 1. The van der Waals surface area contributed by atoms with Gasteiger partial charge in [-0.15, -0.1) is 11.3 Å². The molecule has 1 aromatic heterocycles. The lowest BCUT2D eigenvalue weighted by atomic mass is 9.49. The SMILES string of the molecule is Cc1ncsc1-c1ccc([C@H](C)NC(=O)[C@@H]2C[C@@H](O)CN2C(=O)[C@H](C(C)C)N2Cc3ccc(N4CCN(CCCc5ccc(C(=O)NC6C(C)(C)C(Oc7ccc(C#N)c(Cl)c7)C6(C)C)cc5)CC4)cc3C2=O)cc1. The van der Waals surface area contributed by atoms with Crippen molar-refractivity contribution < 1.29 is 29.0 Å². The number of carbonyl (C=O) groups excluding carboxylic acids is 4. The Morgan fingerprint density at radius 1 is 0.947 bits per heavy atom. The molecule has 1 saturated carbocycles. The van der Waals surface area contributed by atoms with Crippen molar-refractivity contribution in [1.29, 1.82) is 5.26 Å². The number of aliphatic hydroxyl groups is 1. The van der Waals surface area contributed by atoms with Crippen molar-refractivity contribution in [2.24, 2.45) is 16.7 Å². The first-order valence-corrected chi connectivity index (χ1v) is 27.5. The maximum atomic E-state index is 14.5. The number of hydrogen-bond donors (Lipinski definition) is 3. The van der Waals surface area contributed by atoms with Gasteiger partial charge in [0.15, 0.2) is 0 Å². The summed E-state index contributed by atoms with van der Waals surface area (Å²) in [5.41, 5.74) is 8.69. The van der Waals surface area contributed by atoms with Gasteiger partial charge in [0, 0.05) is 85.4 Å². The molecule has 4 amide bonds. The molecule has 5 aromatic rings. The van der Waals surface area contributed by atoms with Crippen LogP contribution in [0.2, 0.25) is 5.02 Å². The number of carbonyl (C=O) groups is 4. The zero-order valence-electron chi connectivity index (χ0n) is 44.2. The van der Waals surface area contributed by atoms with E-state index in [0.717, 1.165) is 78.5 Å². The predicted molar refractivity (Wildman–Crippen MR) is 293 cm³/mol. The van der Waals surface area contributed by atoms with Crippen molar-refractivity contribution in [3.8, 4) is 22.3 Å². The van der Waals surface area contributed by atoms with Gasteiger partial charge >= 0.3 is 0 Å². The fourth-order valence-corrected chi connectivity index (χ4v) is 13.3. The molecule has 4 heterocycles. The number of nitrogens with zero attached hydrogens (tertiary/aromatic N) is 6. The molecule has 0 spiro atoms. The number of nitriles is 1. The Kier molecular flexibility index (Phi) is 15.5. The van der Waals surface area contributed by atoms with Gasteiger partial charge in [0.1, 0.15) is 30.0 Å². The fourth-order valence-electron chi connectivity index (χ4n) is 12.3. The second-order valence-electron chi connectivity index (χ2n) is 22.4. The van der Waals surface area contributed by atoms with Crippen LogP contribution in [0.4, 0.5) is 5.69 Å². The number of piperazine rings is 1. The van der Waals surface area contributed by atoms with Crippen molar-refractivity contribution in [1.82, 2.24) is 30.3 Å². The Morgan fingerprint density at radius 3 is 2.29 bits per heavy atom. The second kappa shape index (κ2) is 21.7. The number of benzene rings is 4. The minimum Gasteiger partial charge on any atom is -0.489 e. The summed E-state index contributed by atoms with van der Waals surface area (Å²) in [7, 11) is 0. The molecule has 16 heteroatoms. The Hall–Kier alpha value is -6.31. The van der Waals surface area contributed by atoms with Crippen LogP contribution in [0.5, 0.6) is 5.75 Å². The van der Waals surface area contributed by atoms with Gasteiger partial charge in [-0.05, 0) is 97.8 Å². The molecule has 1 aliphatic carbocycles. The van der Waals surface area contributed by atoms with Gasteiger partial charge in [0.05, 0.1) is 38.8 Å². The molecule has 4 aromatic carbocycles. The van der Waals surface area contributed by atoms with Crippen molar-refractivity contribution in [3.05, 3.63) is 135 Å². The number of aliphatic hydroxyl groups excluding tert-OH is 1. The number of aromatic nitrogens is 1. The van der Waals surface area contributed by atoms with E-state index in [-0.39, 0.29) is 71.5 Å². The molecule has 0 unspecified atom stereocenters. The summed E-state index contributed by atoms with van der Waals surface area (Å²) >= 11 is 7.86. The van der Waals surface area contributed by atoms with Crippen molar-refractivity contribution >= 4 is 52.3 Å². The molecule has 3 fully saturated rings. The second-order valence-corrected chi connectivity index (χ2v) is 23.7. The number of nitrogens with one attached hydrogen (secondary N) is 2. The lowest BCUT2D eigenvalue weighted by Crippen LogP contribution is -2.74. The van der Waals surface area contributed by atoms with Crippen LogP contribution < -0.4 is 20.3 Å². The van der Waals surface area contributed by atoms with Crippen molar-refractivity contribution in [2.45, 2.75) is 118 Å². The van der Waals surface area contributed by atoms with E-state index >= 15 is 0 Å². The highest BCUT2D eigenvalue weighted by atomic mass is 35.5. The monoisotopic (exact) mass is 1050 g/mol.